The Morgan fingerprint density at radius 3 is 2.31 bits per heavy atom. The molecular weight excluding hydrogens is 367 g/mol. The third kappa shape index (κ3) is 4.55. The molecule has 3 nitrogen and oxygen atoms in total. The van der Waals surface area contributed by atoms with Crippen molar-refractivity contribution in [1.82, 2.24) is 9.80 Å². The average molecular weight is 397 g/mol. The molecule has 0 N–H and O–H groups in total. The Kier molecular flexibility index (Phi) is 5.63. The first-order chi connectivity index (χ1) is 12.1. The maximum Gasteiger partial charge on any atom is 0.253 e. The smallest absolute Gasteiger partial charge is 0.253 e. The second kappa shape index (κ2) is 7.33. The number of benzene rings is 1. The third-order valence-electron chi connectivity index (χ3n) is 6.07. The summed E-state index contributed by atoms with van der Waals surface area (Å²) < 4.78 is 0. The Morgan fingerprint density at radius 2 is 1.77 bits per heavy atom. The molecule has 1 saturated carbocycles. The van der Waals surface area contributed by atoms with Crippen molar-refractivity contribution in [3.8, 4) is 0 Å². The summed E-state index contributed by atoms with van der Waals surface area (Å²) in [7, 11) is 1.92. The van der Waals surface area contributed by atoms with Crippen molar-refractivity contribution in [1.29, 1.82) is 0 Å². The number of hydrogen-bond acceptors (Lipinski definition) is 2. The number of rotatable bonds is 4. The maximum absolute atomic E-state index is 12.8. The molecule has 1 amide bonds. The van der Waals surface area contributed by atoms with E-state index in [1.807, 2.05) is 11.9 Å². The zero-order valence-electron chi connectivity index (χ0n) is 16.3. The van der Waals surface area contributed by atoms with Crippen molar-refractivity contribution >= 4 is 29.1 Å². The van der Waals surface area contributed by atoms with Crippen LogP contribution in [0.4, 0.5) is 0 Å². The number of piperidine rings is 1. The van der Waals surface area contributed by atoms with E-state index in [1.165, 1.54) is 25.8 Å². The van der Waals surface area contributed by atoms with Crippen LogP contribution in [0.5, 0.6) is 0 Å². The van der Waals surface area contributed by atoms with Gasteiger partial charge in [0.2, 0.25) is 0 Å². The van der Waals surface area contributed by atoms with Gasteiger partial charge in [-0.2, -0.15) is 0 Å². The quantitative estimate of drug-likeness (QED) is 0.683. The summed E-state index contributed by atoms with van der Waals surface area (Å²) in [4.78, 5) is 17.3. The van der Waals surface area contributed by atoms with E-state index >= 15 is 0 Å². The molecule has 1 aliphatic carbocycles. The molecule has 0 radical (unpaired) electrons. The van der Waals surface area contributed by atoms with Crippen LogP contribution >= 0.6 is 23.2 Å². The molecule has 1 atom stereocenters. The molecule has 1 aliphatic heterocycles. The first kappa shape index (κ1) is 20.0. The molecule has 1 saturated heterocycles. The van der Waals surface area contributed by atoms with Gasteiger partial charge in [0.05, 0.1) is 0 Å². The van der Waals surface area contributed by atoms with Crippen molar-refractivity contribution in [3.05, 3.63) is 33.8 Å². The van der Waals surface area contributed by atoms with Crippen molar-refractivity contribution in [2.45, 2.75) is 52.5 Å². The molecule has 5 heteroatoms. The minimum Gasteiger partial charge on any atom is -0.338 e. The van der Waals surface area contributed by atoms with Crippen LogP contribution in [0.3, 0.4) is 0 Å². The fraction of sp³-hybridized carbons (Fsp3) is 0.667. The summed E-state index contributed by atoms with van der Waals surface area (Å²) in [6.07, 6.45) is 4.74. The Labute approximate surface area is 167 Å². The van der Waals surface area contributed by atoms with Crippen molar-refractivity contribution in [3.63, 3.8) is 0 Å². The molecule has 0 bridgehead atoms. The lowest BCUT2D eigenvalue weighted by molar-refractivity contribution is 0.0731. The van der Waals surface area contributed by atoms with Crippen LogP contribution in [0.15, 0.2) is 18.2 Å². The predicted octanol–water partition coefficient (Wildman–Crippen LogP) is 5.36. The topological polar surface area (TPSA) is 23.6 Å². The van der Waals surface area contributed by atoms with Gasteiger partial charge in [-0.3, -0.25) is 4.79 Å². The lowest BCUT2D eigenvalue weighted by Crippen LogP contribution is -2.40. The second-order valence-corrected chi connectivity index (χ2v) is 10.2. The largest absolute Gasteiger partial charge is 0.338 e. The number of amides is 1. The van der Waals surface area contributed by atoms with E-state index in [2.05, 4.69) is 25.7 Å². The number of hydrogen-bond donors (Lipinski definition) is 0. The average Bonchev–Trinajstić information content (AvgIpc) is 3.25. The second-order valence-electron chi connectivity index (χ2n) is 9.31. The molecule has 3 rings (SSSR count). The van der Waals surface area contributed by atoms with E-state index in [9.17, 15) is 4.79 Å². The molecule has 0 aromatic heterocycles. The third-order valence-corrected chi connectivity index (χ3v) is 6.51. The summed E-state index contributed by atoms with van der Waals surface area (Å²) in [5, 5.41) is 1.01. The van der Waals surface area contributed by atoms with Crippen LogP contribution in [0.1, 0.15) is 56.8 Å². The van der Waals surface area contributed by atoms with E-state index in [0.29, 0.717) is 32.5 Å². The van der Waals surface area contributed by atoms with E-state index in [1.54, 1.807) is 18.2 Å². The van der Waals surface area contributed by atoms with Crippen molar-refractivity contribution < 1.29 is 4.79 Å². The van der Waals surface area contributed by atoms with Crippen LogP contribution in [0.25, 0.3) is 0 Å². The van der Waals surface area contributed by atoms with Crippen LogP contribution in [-0.2, 0) is 0 Å². The van der Waals surface area contributed by atoms with Crippen LogP contribution < -0.4 is 0 Å². The van der Waals surface area contributed by atoms with Crippen molar-refractivity contribution in [2.24, 2.45) is 10.8 Å². The van der Waals surface area contributed by atoms with E-state index < -0.39 is 0 Å². The highest BCUT2D eigenvalue weighted by molar-refractivity contribution is 6.35. The van der Waals surface area contributed by atoms with Gasteiger partial charge in [0.1, 0.15) is 0 Å². The molecular formula is C21H30Cl2N2O. The first-order valence-electron chi connectivity index (χ1n) is 9.55. The van der Waals surface area contributed by atoms with E-state index in [4.69, 9.17) is 23.2 Å². The SMILES string of the molecule is CN(C(=O)c1cc(Cl)cc(Cl)c1)C1CC12CCN(CCC(C)(C)C)CC2. The molecule has 26 heavy (non-hydrogen) atoms. The number of nitrogens with zero attached hydrogens (tertiary/aromatic N) is 2. The zero-order valence-corrected chi connectivity index (χ0v) is 17.8. The summed E-state index contributed by atoms with van der Waals surface area (Å²) in [6, 6.07) is 5.41. The van der Waals surface area contributed by atoms with Crippen LogP contribution in [-0.4, -0.2) is 48.4 Å². The fourth-order valence-corrected chi connectivity index (χ4v) is 4.68. The number of carbonyl (C=O) groups is 1. The molecule has 2 fully saturated rings. The molecule has 1 spiro atoms. The number of halogens is 2. The summed E-state index contributed by atoms with van der Waals surface area (Å²) in [6.45, 7) is 10.4. The molecule has 1 heterocycles. The molecule has 144 valence electrons. The minimum atomic E-state index is 0.0198. The van der Waals surface area contributed by atoms with Gasteiger partial charge in [-0.15, -0.1) is 0 Å². The maximum atomic E-state index is 12.8. The van der Waals surface area contributed by atoms with E-state index in [-0.39, 0.29) is 5.91 Å². The van der Waals surface area contributed by atoms with Crippen molar-refractivity contribution in [2.75, 3.05) is 26.7 Å². The molecule has 1 aromatic carbocycles. The zero-order chi connectivity index (χ0) is 19.1. The lowest BCUT2D eigenvalue weighted by atomic mass is 9.89. The summed E-state index contributed by atoms with van der Waals surface area (Å²) in [5.74, 6) is 0.0198. The van der Waals surface area contributed by atoms with Crippen LogP contribution in [0, 0.1) is 10.8 Å². The van der Waals surface area contributed by atoms with Gasteiger partial charge in [-0.05, 0) is 74.3 Å². The van der Waals surface area contributed by atoms with Gasteiger partial charge in [-0.25, -0.2) is 0 Å². The Bertz CT molecular complexity index is 655. The summed E-state index contributed by atoms with van der Waals surface area (Å²) in [5.41, 5.74) is 1.29. The Balaban J connectivity index is 1.56. The van der Waals surface area contributed by atoms with Gasteiger partial charge >= 0.3 is 0 Å². The predicted molar refractivity (Wildman–Crippen MR) is 109 cm³/mol. The minimum absolute atomic E-state index is 0.0198. The summed E-state index contributed by atoms with van der Waals surface area (Å²) >= 11 is 12.1. The molecule has 1 unspecified atom stereocenters. The highest BCUT2D eigenvalue weighted by Crippen LogP contribution is 2.56. The highest BCUT2D eigenvalue weighted by atomic mass is 35.5. The van der Waals surface area contributed by atoms with E-state index in [0.717, 1.165) is 19.5 Å². The Hall–Kier alpha value is -0.770. The number of carbonyl (C=O) groups excluding carboxylic acids is 1. The molecule has 2 aliphatic rings. The Morgan fingerprint density at radius 1 is 1.19 bits per heavy atom. The van der Waals surface area contributed by atoms with Gasteiger partial charge in [0, 0.05) is 28.7 Å². The van der Waals surface area contributed by atoms with Gasteiger partial charge in [-0.1, -0.05) is 44.0 Å². The van der Waals surface area contributed by atoms with Gasteiger partial charge in [0.25, 0.3) is 5.91 Å². The highest BCUT2D eigenvalue weighted by Gasteiger charge is 2.57. The van der Waals surface area contributed by atoms with Gasteiger partial charge < -0.3 is 9.80 Å². The normalized spacial score (nSPS) is 22.5. The molecule has 1 aromatic rings. The number of likely N-dealkylation sites (tertiary alicyclic amines) is 1. The lowest BCUT2D eigenvalue weighted by Gasteiger charge is -2.35. The monoisotopic (exact) mass is 396 g/mol. The first-order valence-corrected chi connectivity index (χ1v) is 10.3. The van der Waals surface area contributed by atoms with Crippen LogP contribution in [0.2, 0.25) is 10.0 Å². The van der Waals surface area contributed by atoms with Gasteiger partial charge in [0.15, 0.2) is 0 Å². The fourth-order valence-electron chi connectivity index (χ4n) is 4.15. The standard InChI is InChI=1S/C21H30Cl2N2O/c1-20(2,3)5-8-25-9-6-21(7-10-25)14-18(21)24(4)19(26)15-11-16(22)13-17(23)12-15/h11-13,18H,5-10,14H2,1-4H3.